The molecule has 0 bridgehead atoms. The largest absolute Gasteiger partial charge is 0.0807 e. The maximum atomic E-state index is 2.32. The quantitative estimate of drug-likeness (QED) is 0.702. The van der Waals surface area contributed by atoms with Gasteiger partial charge in [0.1, 0.15) is 0 Å². The minimum atomic E-state index is 1.01. The Morgan fingerprint density at radius 1 is 0.882 bits per heavy atom. The van der Waals surface area contributed by atoms with Crippen molar-refractivity contribution in [1.82, 2.24) is 0 Å². The van der Waals surface area contributed by atoms with Gasteiger partial charge >= 0.3 is 0 Å². The zero-order chi connectivity index (χ0) is 11.9. The summed E-state index contributed by atoms with van der Waals surface area (Å²) in [5.41, 5.74) is 4.12. The van der Waals surface area contributed by atoms with Crippen molar-refractivity contribution < 1.29 is 0 Å². The molecule has 2 aromatic rings. The zero-order valence-corrected chi connectivity index (χ0v) is 10.3. The van der Waals surface area contributed by atoms with Gasteiger partial charge in [-0.05, 0) is 29.5 Å². The van der Waals surface area contributed by atoms with Crippen LogP contribution in [0.15, 0.2) is 66.7 Å². The maximum Gasteiger partial charge on any atom is -0.00230 e. The maximum absolute atomic E-state index is 2.32. The first-order valence-corrected chi connectivity index (χ1v) is 6.18. The van der Waals surface area contributed by atoms with Crippen molar-refractivity contribution in [3.05, 3.63) is 77.9 Å². The average molecular weight is 222 g/mol. The van der Waals surface area contributed by atoms with Gasteiger partial charge in [0.15, 0.2) is 0 Å². The molecule has 0 spiro atoms. The van der Waals surface area contributed by atoms with Crippen LogP contribution in [0.3, 0.4) is 0 Å². The van der Waals surface area contributed by atoms with E-state index in [9.17, 15) is 0 Å². The standard InChI is InChI=1S/C17H18/c1-2-9-17(16-12-7-4-8-13-16)14-15-10-5-3-6-11-15/h3-13H,2,14H2,1H3/b17-9-. The number of rotatable bonds is 4. The van der Waals surface area contributed by atoms with E-state index in [-0.39, 0.29) is 0 Å². The molecule has 0 aromatic heterocycles. The van der Waals surface area contributed by atoms with E-state index in [0.29, 0.717) is 0 Å². The van der Waals surface area contributed by atoms with Gasteiger partial charge in [-0.15, -0.1) is 0 Å². The molecular formula is C17H18. The van der Waals surface area contributed by atoms with Crippen LogP contribution in [0.1, 0.15) is 24.5 Å². The predicted octanol–water partition coefficient (Wildman–Crippen LogP) is 4.72. The summed E-state index contributed by atoms with van der Waals surface area (Å²) in [7, 11) is 0. The third kappa shape index (κ3) is 3.32. The van der Waals surface area contributed by atoms with E-state index in [0.717, 1.165) is 12.8 Å². The first kappa shape index (κ1) is 11.7. The van der Waals surface area contributed by atoms with E-state index >= 15 is 0 Å². The normalized spacial score (nSPS) is 11.5. The molecule has 0 aliphatic carbocycles. The Morgan fingerprint density at radius 2 is 1.47 bits per heavy atom. The van der Waals surface area contributed by atoms with E-state index in [4.69, 9.17) is 0 Å². The molecule has 2 rings (SSSR count). The van der Waals surface area contributed by atoms with E-state index in [1.165, 1.54) is 16.7 Å². The van der Waals surface area contributed by atoms with Crippen molar-refractivity contribution in [3.63, 3.8) is 0 Å². The third-order valence-electron chi connectivity index (χ3n) is 2.83. The van der Waals surface area contributed by atoms with Gasteiger partial charge in [0.25, 0.3) is 0 Å². The zero-order valence-electron chi connectivity index (χ0n) is 10.3. The molecule has 17 heavy (non-hydrogen) atoms. The third-order valence-corrected chi connectivity index (χ3v) is 2.83. The van der Waals surface area contributed by atoms with E-state index in [1.54, 1.807) is 0 Å². The molecular weight excluding hydrogens is 204 g/mol. The number of hydrogen-bond donors (Lipinski definition) is 0. The molecule has 0 atom stereocenters. The van der Waals surface area contributed by atoms with Crippen LogP contribution >= 0.6 is 0 Å². The van der Waals surface area contributed by atoms with Gasteiger partial charge in [0.05, 0.1) is 0 Å². The van der Waals surface area contributed by atoms with Crippen LogP contribution in [0.4, 0.5) is 0 Å². The summed E-state index contributed by atoms with van der Waals surface area (Å²) in [6, 6.07) is 21.3. The molecule has 86 valence electrons. The fraction of sp³-hybridized carbons (Fsp3) is 0.176. The molecule has 0 nitrogen and oxygen atoms in total. The topological polar surface area (TPSA) is 0 Å². The van der Waals surface area contributed by atoms with Crippen molar-refractivity contribution >= 4 is 5.57 Å². The van der Waals surface area contributed by atoms with E-state index in [2.05, 4.69) is 73.7 Å². The molecule has 0 aliphatic rings. The highest BCUT2D eigenvalue weighted by Crippen LogP contribution is 2.20. The monoisotopic (exact) mass is 222 g/mol. The van der Waals surface area contributed by atoms with Gasteiger partial charge in [-0.3, -0.25) is 0 Å². The minimum Gasteiger partial charge on any atom is -0.0807 e. The Balaban J connectivity index is 2.23. The molecule has 0 unspecified atom stereocenters. The molecule has 0 saturated heterocycles. The van der Waals surface area contributed by atoms with Crippen LogP contribution < -0.4 is 0 Å². The minimum absolute atomic E-state index is 1.01. The highest BCUT2D eigenvalue weighted by Gasteiger charge is 2.01. The van der Waals surface area contributed by atoms with Crippen molar-refractivity contribution in [1.29, 1.82) is 0 Å². The van der Waals surface area contributed by atoms with E-state index < -0.39 is 0 Å². The van der Waals surface area contributed by atoms with Crippen molar-refractivity contribution in [2.45, 2.75) is 19.8 Å². The molecule has 0 heterocycles. The van der Waals surface area contributed by atoms with Crippen LogP contribution in [-0.2, 0) is 6.42 Å². The SMILES string of the molecule is CC/C=C(/Cc1ccccc1)c1ccccc1. The molecule has 0 radical (unpaired) electrons. The van der Waals surface area contributed by atoms with Crippen LogP contribution in [0.25, 0.3) is 5.57 Å². The summed E-state index contributed by atoms with van der Waals surface area (Å²) in [5.74, 6) is 0. The molecule has 0 heteroatoms. The molecule has 0 amide bonds. The van der Waals surface area contributed by atoms with Crippen molar-refractivity contribution in [3.8, 4) is 0 Å². The predicted molar refractivity (Wildman–Crippen MR) is 74.9 cm³/mol. The van der Waals surface area contributed by atoms with Crippen LogP contribution in [0, 0.1) is 0 Å². The number of hydrogen-bond acceptors (Lipinski definition) is 0. The lowest BCUT2D eigenvalue weighted by atomic mass is 9.97. The summed E-state index contributed by atoms with van der Waals surface area (Å²) < 4.78 is 0. The van der Waals surface area contributed by atoms with Gasteiger partial charge in [-0.1, -0.05) is 73.7 Å². The van der Waals surface area contributed by atoms with Gasteiger partial charge in [-0.2, -0.15) is 0 Å². The Kier molecular flexibility index (Phi) is 4.15. The number of allylic oxidation sites excluding steroid dienone is 2. The molecule has 0 saturated carbocycles. The second-order valence-corrected chi connectivity index (χ2v) is 4.17. The summed E-state index contributed by atoms with van der Waals surface area (Å²) in [4.78, 5) is 0. The number of benzene rings is 2. The fourth-order valence-corrected chi connectivity index (χ4v) is 2.01. The Morgan fingerprint density at radius 3 is 2.06 bits per heavy atom. The lowest BCUT2D eigenvalue weighted by Crippen LogP contribution is -1.90. The van der Waals surface area contributed by atoms with Gasteiger partial charge in [0, 0.05) is 0 Å². The second kappa shape index (κ2) is 6.05. The highest BCUT2D eigenvalue weighted by atomic mass is 14.1. The van der Waals surface area contributed by atoms with Crippen LogP contribution in [-0.4, -0.2) is 0 Å². The molecule has 0 N–H and O–H groups in total. The Hall–Kier alpha value is -1.82. The lowest BCUT2D eigenvalue weighted by Gasteiger charge is -2.08. The first-order chi connectivity index (χ1) is 8.40. The fourth-order valence-electron chi connectivity index (χ4n) is 2.01. The first-order valence-electron chi connectivity index (χ1n) is 6.18. The average Bonchev–Trinajstić information content (AvgIpc) is 2.40. The Bertz CT molecular complexity index is 466. The van der Waals surface area contributed by atoms with Gasteiger partial charge < -0.3 is 0 Å². The molecule has 2 aromatic carbocycles. The smallest absolute Gasteiger partial charge is 0.00230 e. The van der Waals surface area contributed by atoms with Crippen LogP contribution in [0.5, 0.6) is 0 Å². The van der Waals surface area contributed by atoms with Gasteiger partial charge in [-0.25, -0.2) is 0 Å². The van der Waals surface area contributed by atoms with Crippen molar-refractivity contribution in [2.24, 2.45) is 0 Å². The molecule has 0 aliphatic heterocycles. The Labute approximate surface area is 104 Å². The van der Waals surface area contributed by atoms with Crippen LogP contribution in [0.2, 0.25) is 0 Å². The summed E-state index contributed by atoms with van der Waals surface area (Å²) in [5, 5.41) is 0. The van der Waals surface area contributed by atoms with E-state index in [1.807, 2.05) is 0 Å². The summed E-state index contributed by atoms with van der Waals surface area (Å²) >= 11 is 0. The van der Waals surface area contributed by atoms with Crippen molar-refractivity contribution in [2.75, 3.05) is 0 Å². The summed E-state index contributed by atoms with van der Waals surface area (Å²) in [6.45, 7) is 2.19. The van der Waals surface area contributed by atoms with Gasteiger partial charge in [0.2, 0.25) is 0 Å². The lowest BCUT2D eigenvalue weighted by molar-refractivity contribution is 1.19. The summed E-state index contributed by atoms with van der Waals surface area (Å²) in [6.07, 6.45) is 4.41. The highest BCUT2D eigenvalue weighted by molar-refractivity contribution is 5.67. The molecule has 0 fully saturated rings. The second-order valence-electron chi connectivity index (χ2n) is 4.17.